The summed E-state index contributed by atoms with van der Waals surface area (Å²) in [5, 5.41) is 9.54. The van der Waals surface area contributed by atoms with Gasteiger partial charge in [0.05, 0.1) is 23.2 Å². The Bertz CT molecular complexity index is 1600. The van der Waals surface area contributed by atoms with Crippen molar-refractivity contribution >= 4 is 39.3 Å². The van der Waals surface area contributed by atoms with Crippen molar-refractivity contribution in [3.8, 4) is 0 Å². The molecule has 0 radical (unpaired) electrons. The number of benzene rings is 2. The zero-order valence-corrected chi connectivity index (χ0v) is 23.1. The van der Waals surface area contributed by atoms with Gasteiger partial charge in [-0.25, -0.2) is 9.97 Å². The summed E-state index contributed by atoms with van der Waals surface area (Å²) in [5.41, 5.74) is 2.37. The van der Waals surface area contributed by atoms with Crippen molar-refractivity contribution in [2.45, 2.75) is 62.7 Å². The third-order valence-electron chi connectivity index (χ3n) is 8.95. The Morgan fingerprint density at radius 1 is 1.00 bits per heavy atom. The molecule has 0 spiro atoms. The van der Waals surface area contributed by atoms with Crippen molar-refractivity contribution in [3.63, 3.8) is 0 Å². The number of hydrogen-bond donors (Lipinski definition) is 2. The standard InChI is InChI=1S/C31H34ClN5O2/c1-37(2)31-21-5-3-4-6-23(21)35-30(36-31)28-24(34-28)13-17-7-9-18(10-8-17)27-25(33-27)14-19-16-39-26-12-11-20(32)15-22(26)29(19)38/h3-6,11-12,15-18,24-25,27-28,33-34H,7-10,13-14H2,1-2H3. The lowest BCUT2D eigenvalue weighted by atomic mass is 9.77. The van der Waals surface area contributed by atoms with E-state index in [1.54, 1.807) is 24.5 Å². The molecule has 39 heavy (non-hydrogen) atoms. The third kappa shape index (κ3) is 4.92. The monoisotopic (exact) mass is 543 g/mol. The molecule has 8 heteroatoms. The zero-order chi connectivity index (χ0) is 26.7. The highest BCUT2D eigenvalue weighted by atomic mass is 35.5. The van der Waals surface area contributed by atoms with Crippen LogP contribution in [-0.2, 0) is 6.42 Å². The summed E-state index contributed by atoms with van der Waals surface area (Å²) in [5.74, 6) is 3.33. The molecule has 2 saturated heterocycles. The van der Waals surface area contributed by atoms with Crippen LogP contribution in [0.2, 0.25) is 5.02 Å². The molecule has 3 aliphatic rings. The molecule has 1 saturated carbocycles. The van der Waals surface area contributed by atoms with Crippen LogP contribution in [0.25, 0.3) is 21.9 Å². The Balaban J connectivity index is 0.929. The number of hydrogen-bond acceptors (Lipinski definition) is 7. The predicted octanol–water partition coefficient (Wildman–Crippen LogP) is 5.25. The minimum atomic E-state index is 0.0366. The van der Waals surface area contributed by atoms with Crippen LogP contribution >= 0.6 is 11.6 Å². The first-order valence-electron chi connectivity index (χ1n) is 14.1. The van der Waals surface area contributed by atoms with Gasteiger partial charge in [0.15, 0.2) is 5.43 Å². The maximum atomic E-state index is 13.0. The van der Waals surface area contributed by atoms with E-state index in [0.29, 0.717) is 46.5 Å². The molecule has 2 N–H and O–H groups in total. The summed E-state index contributed by atoms with van der Waals surface area (Å²) >= 11 is 6.11. The molecule has 4 unspecified atom stereocenters. The number of halogens is 1. The quantitative estimate of drug-likeness (QED) is 0.307. The first-order chi connectivity index (χ1) is 18.9. The molecule has 2 aromatic carbocycles. The second-order valence-electron chi connectivity index (χ2n) is 11.8. The maximum Gasteiger partial charge on any atom is 0.195 e. The third-order valence-corrected chi connectivity index (χ3v) is 9.19. The number of para-hydroxylation sites is 1. The molecule has 202 valence electrons. The van der Waals surface area contributed by atoms with Crippen molar-refractivity contribution in [1.29, 1.82) is 0 Å². The minimum absolute atomic E-state index is 0.0366. The summed E-state index contributed by atoms with van der Waals surface area (Å²) in [6.45, 7) is 0. The van der Waals surface area contributed by atoms with Crippen molar-refractivity contribution in [2.75, 3.05) is 19.0 Å². The van der Waals surface area contributed by atoms with Gasteiger partial charge in [0.2, 0.25) is 0 Å². The van der Waals surface area contributed by atoms with E-state index in [2.05, 4.69) is 27.7 Å². The fourth-order valence-corrected chi connectivity index (χ4v) is 6.87. The summed E-state index contributed by atoms with van der Waals surface area (Å²) in [6, 6.07) is 15.1. The van der Waals surface area contributed by atoms with Gasteiger partial charge in [-0.15, -0.1) is 0 Å². The Morgan fingerprint density at radius 3 is 2.64 bits per heavy atom. The van der Waals surface area contributed by atoms with E-state index >= 15 is 0 Å². The van der Waals surface area contributed by atoms with Crippen molar-refractivity contribution < 1.29 is 4.42 Å². The first-order valence-corrected chi connectivity index (χ1v) is 14.5. The van der Waals surface area contributed by atoms with Crippen LogP contribution in [0.4, 0.5) is 5.82 Å². The van der Waals surface area contributed by atoms with E-state index in [9.17, 15) is 4.79 Å². The molecule has 4 heterocycles. The molecular formula is C31H34ClN5O2. The Kier molecular flexibility index (Phi) is 6.33. The highest BCUT2D eigenvalue weighted by molar-refractivity contribution is 6.31. The van der Waals surface area contributed by atoms with E-state index in [0.717, 1.165) is 34.0 Å². The molecule has 7 rings (SSSR count). The van der Waals surface area contributed by atoms with E-state index in [-0.39, 0.29) is 11.5 Å². The minimum Gasteiger partial charge on any atom is -0.464 e. The van der Waals surface area contributed by atoms with Crippen LogP contribution in [0.15, 0.2) is 57.9 Å². The lowest BCUT2D eigenvalue weighted by Gasteiger charge is -2.28. The molecule has 4 aromatic rings. The van der Waals surface area contributed by atoms with E-state index in [1.807, 2.05) is 26.2 Å². The van der Waals surface area contributed by atoms with Gasteiger partial charge in [-0.05, 0) is 67.9 Å². The van der Waals surface area contributed by atoms with Crippen LogP contribution in [0.1, 0.15) is 49.5 Å². The van der Waals surface area contributed by atoms with Crippen molar-refractivity contribution in [2.24, 2.45) is 11.8 Å². The smallest absolute Gasteiger partial charge is 0.195 e. The topological polar surface area (TPSA) is 103 Å². The number of fused-ring (bicyclic) bond motifs is 2. The lowest BCUT2D eigenvalue weighted by Crippen LogP contribution is -2.22. The number of nitrogens with zero attached hydrogens (tertiary/aromatic N) is 3. The normalized spacial score (nSPS) is 28.1. The van der Waals surface area contributed by atoms with Gasteiger partial charge in [0.25, 0.3) is 0 Å². The van der Waals surface area contributed by atoms with E-state index in [1.165, 1.54) is 32.1 Å². The number of nitrogens with one attached hydrogen (secondary N) is 2. The van der Waals surface area contributed by atoms with E-state index < -0.39 is 0 Å². The van der Waals surface area contributed by atoms with Crippen LogP contribution in [0.5, 0.6) is 0 Å². The average Bonchev–Trinajstić information content (AvgIpc) is 3.87. The fourth-order valence-electron chi connectivity index (χ4n) is 6.70. The summed E-state index contributed by atoms with van der Waals surface area (Å²) < 4.78 is 5.72. The van der Waals surface area contributed by atoms with Gasteiger partial charge in [-0.3, -0.25) is 4.79 Å². The molecule has 7 nitrogen and oxygen atoms in total. The number of aromatic nitrogens is 2. The highest BCUT2D eigenvalue weighted by Crippen LogP contribution is 2.42. The summed E-state index contributed by atoms with van der Waals surface area (Å²) in [6.07, 6.45) is 8.55. The number of anilines is 1. The molecule has 2 aromatic heterocycles. The average molecular weight is 544 g/mol. The summed E-state index contributed by atoms with van der Waals surface area (Å²) in [7, 11) is 4.09. The summed E-state index contributed by atoms with van der Waals surface area (Å²) in [4.78, 5) is 24.9. The molecule has 4 atom stereocenters. The van der Waals surface area contributed by atoms with Gasteiger partial charge in [0, 0.05) is 48.2 Å². The zero-order valence-electron chi connectivity index (χ0n) is 22.4. The van der Waals surface area contributed by atoms with Gasteiger partial charge in [-0.1, -0.05) is 36.6 Å². The van der Waals surface area contributed by atoms with Gasteiger partial charge < -0.3 is 20.0 Å². The second kappa shape index (κ2) is 9.88. The first kappa shape index (κ1) is 25.0. The van der Waals surface area contributed by atoms with Gasteiger partial charge >= 0.3 is 0 Å². The van der Waals surface area contributed by atoms with Gasteiger partial charge in [-0.2, -0.15) is 0 Å². The van der Waals surface area contributed by atoms with Crippen LogP contribution in [-0.4, -0.2) is 42.2 Å². The van der Waals surface area contributed by atoms with Crippen molar-refractivity contribution in [3.05, 3.63) is 75.4 Å². The van der Waals surface area contributed by atoms with Crippen LogP contribution in [0.3, 0.4) is 0 Å². The van der Waals surface area contributed by atoms with Gasteiger partial charge in [0.1, 0.15) is 17.2 Å². The van der Waals surface area contributed by atoms with Crippen molar-refractivity contribution in [1.82, 2.24) is 20.6 Å². The molecule has 0 amide bonds. The Hall–Kier alpha value is -3.00. The molecule has 1 aliphatic carbocycles. The Morgan fingerprint density at radius 2 is 1.82 bits per heavy atom. The SMILES string of the molecule is CN(C)c1nc(C2NC2CC2CCC(C3NC3Cc3coc4ccc(Cl)cc4c3=O)CC2)nc2ccccc12. The van der Waals surface area contributed by atoms with E-state index in [4.69, 9.17) is 26.0 Å². The van der Waals surface area contributed by atoms with Crippen LogP contribution < -0.4 is 21.0 Å². The largest absolute Gasteiger partial charge is 0.464 e. The fraction of sp³-hybridized carbons (Fsp3) is 0.452. The van der Waals surface area contributed by atoms with Crippen LogP contribution in [0, 0.1) is 11.8 Å². The number of rotatable bonds is 7. The highest BCUT2D eigenvalue weighted by Gasteiger charge is 2.45. The predicted molar refractivity (Wildman–Crippen MR) is 156 cm³/mol. The second-order valence-corrected chi connectivity index (χ2v) is 12.3. The molecule has 2 aliphatic heterocycles. The Labute approximate surface area is 233 Å². The maximum absolute atomic E-state index is 13.0. The molecular weight excluding hydrogens is 510 g/mol. The lowest BCUT2D eigenvalue weighted by molar-refractivity contribution is 0.256. The molecule has 0 bridgehead atoms. The molecule has 3 fully saturated rings.